The fourth-order valence-electron chi connectivity index (χ4n) is 3.55. The molecule has 28 heavy (non-hydrogen) atoms. The molecular formula is C21H22FN3O3. The summed E-state index contributed by atoms with van der Waals surface area (Å²) in [6.07, 6.45) is 4.84. The Morgan fingerprint density at radius 2 is 1.93 bits per heavy atom. The van der Waals surface area contributed by atoms with Crippen molar-refractivity contribution < 1.29 is 18.1 Å². The van der Waals surface area contributed by atoms with Gasteiger partial charge in [-0.1, -0.05) is 23.7 Å². The van der Waals surface area contributed by atoms with Crippen molar-refractivity contribution in [2.75, 3.05) is 13.1 Å². The quantitative estimate of drug-likeness (QED) is 0.699. The highest BCUT2D eigenvalue weighted by atomic mass is 19.1. The topological polar surface area (TPSA) is 71.5 Å². The van der Waals surface area contributed by atoms with Gasteiger partial charge in [0.15, 0.2) is 5.76 Å². The predicted molar refractivity (Wildman–Crippen MR) is 101 cm³/mol. The molecule has 1 atom stereocenters. The summed E-state index contributed by atoms with van der Waals surface area (Å²) in [5.41, 5.74) is 1.40. The molecule has 1 aromatic carbocycles. The average molecular weight is 383 g/mol. The van der Waals surface area contributed by atoms with Crippen molar-refractivity contribution in [2.45, 2.75) is 31.8 Å². The van der Waals surface area contributed by atoms with E-state index in [2.05, 4.69) is 15.4 Å². The van der Waals surface area contributed by atoms with Gasteiger partial charge in [0.25, 0.3) is 0 Å². The number of hydrogen-bond donors (Lipinski definition) is 1. The van der Waals surface area contributed by atoms with Crippen LogP contribution in [0.2, 0.25) is 0 Å². The van der Waals surface area contributed by atoms with Gasteiger partial charge in [-0.15, -0.1) is 0 Å². The fourth-order valence-corrected chi connectivity index (χ4v) is 3.55. The molecular weight excluding hydrogens is 361 g/mol. The number of carbonyl (C=O) groups is 1. The molecule has 0 spiro atoms. The van der Waals surface area contributed by atoms with Crippen molar-refractivity contribution in [1.29, 1.82) is 0 Å². The zero-order valence-corrected chi connectivity index (χ0v) is 15.4. The number of aromatic nitrogens is 1. The highest BCUT2D eigenvalue weighted by Crippen LogP contribution is 2.26. The van der Waals surface area contributed by atoms with Crippen LogP contribution in [-0.2, 0) is 11.3 Å². The van der Waals surface area contributed by atoms with Crippen LogP contribution in [0.25, 0.3) is 11.5 Å². The Bertz CT molecular complexity index is 899. The van der Waals surface area contributed by atoms with Gasteiger partial charge in [-0.05, 0) is 55.8 Å². The molecule has 6 nitrogen and oxygen atoms in total. The molecule has 3 aromatic rings. The van der Waals surface area contributed by atoms with Gasteiger partial charge < -0.3 is 14.3 Å². The number of nitrogens with one attached hydrogen (secondary N) is 1. The van der Waals surface area contributed by atoms with Crippen LogP contribution in [-0.4, -0.2) is 29.1 Å². The smallest absolute Gasteiger partial charge is 0.242 e. The Kier molecular flexibility index (Phi) is 5.53. The summed E-state index contributed by atoms with van der Waals surface area (Å²) < 4.78 is 23.9. The van der Waals surface area contributed by atoms with Crippen LogP contribution < -0.4 is 5.32 Å². The molecule has 1 aliphatic heterocycles. The van der Waals surface area contributed by atoms with Gasteiger partial charge >= 0.3 is 0 Å². The molecule has 1 aliphatic rings. The van der Waals surface area contributed by atoms with Gasteiger partial charge in [-0.25, -0.2) is 4.39 Å². The Balaban J connectivity index is 1.46. The zero-order valence-electron chi connectivity index (χ0n) is 15.4. The van der Waals surface area contributed by atoms with Gasteiger partial charge in [0.2, 0.25) is 11.7 Å². The summed E-state index contributed by atoms with van der Waals surface area (Å²) in [6.45, 7) is 1.94. The van der Waals surface area contributed by atoms with E-state index in [1.165, 1.54) is 18.6 Å². The number of halogens is 1. The van der Waals surface area contributed by atoms with Crippen LogP contribution in [0.3, 0.4) is 0 Å². The van der Waals surface area contributed by atoms with E-state index in [1.807, 2.05) is 0 Å². The Labute approximate surface area is 162 Å². The molecule has 0 aliphatic carbocycles. The summed E-state index contributed by atoms with van der Waals surface area (Å²) in [5, 5.41) is 6.93. The third-order valence-corrected chi connectivity index (χ3v) is 4.96. The summed E-state index contributed by atoms with van der Waals surface area (Å²) >= 11 is 0. The molecule has 1 unspecified atom stereocenters. The lowest BCUT2D eigenvalue weighted by Gasteiger charge is -2.33. The molecule has 1 saturated heterocycles. The van der Waals surface area contributed by atoms with E-state index in [9.17, 15) is 9.18 Å². The van der Waals surface area contributed by atoms with Crippen molar-refractivity contribution in [1.82, 2.24) is 15.4 Å². The van der Waals surface area contributed by atoms with Crippen LogP contribution >= 0.6 is 0 Å². The monoisotopic (exact) mass is 383 g/mol. The molecule has 4 rings (SSSR count). The second kappa shape index (κ2) is 8.39. The molecule has 1 amide bonds. The lowest BCUT2D eigenvalue weighted by Crippen LogP contribution is -2.42. The number of furan rings is 1. The van der Waals surface area contributed by atoms with Gasteiger partial charge in [-0.3, -0.25) is 9.69 Å². The number of benzene rings is 1. The van der Waals surface area contributed by atoms with Crippen molar-refractivity contribution in [3.8, 4) is 11.5 Å². The first kappa shape index (κ1) is 18.4. The maximum atomic E-state index is 13.3. The van der Waals surface area contributed by atoms with Crippen molar-refractivity contribution >= 4 is 5.91 Å². The third kappa shape index (κ3) is 4.14. The van der Waals surface area contributed by atoms with Gasteiger partial charge in [0.1, 0.15) is 17.6 Å². The van der Waals surface area contributed by atoms with E-state index < -0.39 is 6.04 Å². The van der Waals surface area contributed by atoms with Crippen molar-refractivity contribution in [3.63, 3.8) is 0 Å². The van der Waals surface area contributed by atoms with E-state index in [0.29, 0.717) is 17.2 Å². The van der Waals surface area contributed by atoms with E-state index in [4.69, 9.17) is 8.94 Å². The lowest BCUT2D eigenvalue weighted by molar-refractivity contribution is -0.127. The molecule has 0 radical (unpaired) electrons. The predicted octanol–water partition coefficient (Wildman–Crippen LogP) is 3.92. The molecule has 146 valence electrons. The minimum Gasteiger partial charge on any atom is -0.461 e. The number of amides is 1. The van der Waals surface area contributed by atoms with Crippen LogP contribution in [0.4, 0.5) is 4.39 Å². The van der Waals surface area contributed by atoms with Gasteiger partial charge in [-0.2, -0.15) is 0 Å². The highest BCUT2D eigenvalue weighted by molar-refractivity contribution is 5.83. The van der Waals surface area contributed by atoms with Gasteiger partial charge in [0, 0.05) is 6.07 Å². The molecule has 0 saturated carbocycles. The average Bonchev–Trinajstić information content (AvgIpc) is 3.41. The Morgan fingerprint density at radius 1 is 1.14 bits per heavy atom. The number of hydrogen-bond acceptors (Lipinski definition) is 5. The van der Waals surface area contributed by atoms with Crippen molar-refractivity contribution in [3.05, 3.63) is 65.8 Å². The number of piperidine rings is 1. The van der Waals surface area contributed by atoms with Gasteiger partial charge in [0.05, 0.1) is 12.8 Å². The second-order valence-corrected chi connectivity index (χ2v) is 6.93. The summed E-state index contributed by atoms with van der Waals surface area (Å²) in [7, 11) is 0. The standard InChI is InChI=1S/C21H22FN3O3/c22-16-8-6-15(7-9-16)20(25-10-2-1-3-11-25)21(26)23-14-17-13-19(28-24-17)18-5-4-12-27-18/h4-9,12-13,20H,1-3,10-11,14H2,(H,23,26). The largest absolute Gasteiger partial charge is 0.461 e. The first-order chi connectivity index (χ1) is 13.7. The SMILES string of the molecule is O=C(NCc1cc(-c2ccco2)on1)C(c1ccc(F)cc1)N1CCCCC1. The van der Waals surface area contributed by atoms with Crippen LogP contribution in [0.5, 0.6) is 0 Å². The maximum absolute atomic E-state index is 13.3. The minimum atomic E-state index is -0.447. The molecule has 1 fully saturated rings. The molecule has 7 heteroatoms. The number of carbonyl (C=O) groups excluding carboxylic acids is 1. The second-order valence-electron chi connectivity index (χ2n) is 6.93. The highest BCUT2D eigenvalue weighted by Gasteiger charge is 2.28. The molecule has 3 heterocycles. The third-order valence-electron chi connectivity index (χ3n) is 4.96. The summed E-state index contributed by atoms with van der Waals surface area (Å²) in [4.78, 5) is 15.2. The normalized spacial score (nSPS) is 16.0. The van der Waals surface area contributed by atoms with Crippen LogP contribution in [0, 0.1) is 5.82 Å². The minimum absolute atomic E-state index is 0.129. The van der Waals surface area contributed by atoms with E-state index in [-0.39, 0.29) is 18.3 Å². The van der Waals surface area contributed by atoms with E-state index in [1.54, 1.807) is 36.6 Å². The first-order valence-electron chi connectivity index (χ1n) is 9.47. The number of nitrogens with zero attached hydrogens (tertiary/aromatic N) is 2. The number of likely N-dealkylation sites (tertiary alicyclic amines) is 1. The number of rotatable bonds is 6. The summed E-state index contributed by atoms with van der Waals surface area (Å²) in [6, 6.07) is 11.0. The fraction of sp³-hybridized carbons (Fsp3) is 0.333. The van der Waals surface area contributed by atoms with E-state index in [0.717, 1.165) is 31.5 Å². The maximum Gasteiger partial charge on any atom is 0.242 e. The molecule has 1 N–H and O–H groups in total. The van der Waals surface area contributed by atoms with E-state index >= 15 is 0 Å². The lowest BCUT2D eigenvalue weighted by atomic mass is 10.0. The first-order valence-corrected chi connectivity index (χ1v) is 9.47. The van der Waals surface area contributed by atoms with Crippen LogP contribution in [0.1, 0.15) is 36.6 Å². The Morgan fingerprint density at radius 3 is 2.64 bits per heavy atom. The van der Waals surface area contributed by atoms with Crippen molar-refractivity contribution in [2.24, 2.45) is 0 Å². The van der Waals surface area contributed by atoms with Crippen LogP contribution in [0.15, 0.2) is 57.7 Å². The summed E-state index contributed by atoms with van der Waals surface area (Å²) in [5.74, 6) is 0.661. The Hall–Kier alpha value is -2.93. The zero-order chi connectivity index (χ0) is 19.3. The molecule has 2 aromatic heterocycles. The molecule has 0 bridgehead atoms.